The number of nitrogens with one attached hydrogen (secondary N) is 2. The first kappa shape index (κ1) is 22.4. The first-order valence-electron chi connectivity index (χ1n) is 9.68. The number of carbonyl (C=O) groups excluding carboxylic acids is 2. The third-order valence-corrected chi connectivity index (χ3v) is 5.62. The maximum atomic E-state index is 12.5. The molecule has 0 saturated heterocycles. The van der Waals surface area contributed by atoms with E-state index in [2.05, 4.69) is 20.8 Å². The van der Waals surface area contributed by atoms with Crippen LogP contribution in [0.1, 0.15) is 17.0 Å². The van der Waals surface area contributed by atoms with Crippen molar-refractivity contribution in [2.45, 2.75) is 25.4 Å². The Bertz CT molecular complexity index is 1100. The summed E-state index contributed by atoms with van der Waals surface area (Å²) in [5.41, 5.74) is 3.52. The molecule has 0 radical (unpaired) electrons. The van der Waals surface area contributed by atoms with Crippen molar-refractivity contribution in [1.29, 1.82) is 0 Å². The maximum absolute atomic E-state index is 12.5. The van der Waals surface area contributed by atoms with Gasteiger partial charge in [0, 0.05) is 24.5 Å². The van der Waals surface area contributed by atoms with Crippen LogP contribution < -0.4 is 15.4 Å². The Labute approximate surface area is 185 Å². The van der Waals surface area contributed by atoms with Crippen LogP contribution in [0.5, 0.6) is 5.75 Å². The van der Waals surface area contributed by atoms with Gasteiger partial charge in [-0.25, -0.2) is 0 Å². The summed E-state index contributed by atoms with van der Waals surface area (Å²) in [4.78, 5) is 24.7. The number of hydrogen-bond acceptors (Lipinski definition) is 6. The molecule has 3 rings (SSSR count). The second kappa shape index (κ2) is 10.1. The lowest BCUT2D eigenvalue weighted by molar-refractivity contribution is -0.116. The van der Waals surface area contributed by atoms with Crippen LogP contribution in [0.25, 0.3) is 0 Å². The summed E-state index contributed by atoms with van der Waals surface area (Å²) in [6.07, 6.45) is 0.0907. The fraction of sp³-hybridized carbons (Fsp3) is 0.273. The molecule has 0 aliphatic rings. The predicted molar refractivity (Wildman–Crippen MR) is 122 cm³/mol. The zero-order valence-corrected chi connectivity index (χ0v) is 18.7. The quantitative estimate of drug-likeness (QED) is 0.523. The number of methoxy groups -OCH3 is 1. The lowest BCUT2D eigenvalue weighted by Gasteiger charge is -2.09. The molecule has 2 aromatic carbocycles. The molecular formula is C22H25N5O3S. The lowest BCUT2D eigenvalue weighted by atomic mass is 10.1. The van der Waals surface area contributed by atoms with Crippen molar-refractivity contribution in [3.05, 3.63) is 59.4 Å². The number of rotatable bonds is 8. The van der Waals surface area contributed by atoms with Crippen molar-refractivity contribution in [2.24, 2.45) is 7.05 Å². The highest BCUT2D eigenvalue weighted by molar-refractivity contribution is 7.99. The molecule has 162 valence electrons. The van der Waals surface area contributed by atoms with Gasteiger partial charge in [0.05, 0.1) is 19.3 Å². The van der Waals surface area contributed by atoms with E-state index < -0.39 is 0 Å². The van der Waals surface area contributed by atoms with E-state index in [-0.39, 0.29) is 24.0 Å². The smallest absolute Gasteiger partial charge is 0.234 e. The molecule has 0 bridgehead atoms. The number of amides is 2. The molecule has 3 aromatic rings. The fourth-order valence-corrected chi connectivity index (χ4v) is 3.59. The van der Waals surface area contributed by atoms with Crippen molar-refractivity contribution < 1.29 is 14.3 Å². The van der Waals surface area contributed by atoms with Crippen molar-refractivity contribution in [3.8, 4) is 5.75 Å². The van der Waals surface area contributed by atoms with E-state index >= 15 is 0 Å². The molecule has 0 unspecified atom stereocenters. The number of nitrogens with zero attached hydrogens (tertiary/aromatic N) is 3. The highest BCUT2D eigenvalue weighted by atomic mass is 32.2. The number of hydrogen-bond donors (Lipinski definition) is 2. The molecule has 2 amide bonds. The molecule has 0 aliphatic heterocycles. The third kappa shape index (κ3) is 6.08. The standard InChI is InChI=1S/C22H25N5O3S/c1-14-8-9-15(2)18(10-14)24-20(28)12-19-25-26-22(27(19)3)31-13-21(29)23-16-6-5-7-17(11-16)30-4/h5-11H,12-13H2,1-4H3,(H,23,29)(H,24,28). The van der Waals surface area contributed by atoms with Crippen LogP contribution in [-0.4, -0.2) is 39.4 Å². The van der Waals surface area contributed by atoms with Crippen LogP contribution in [0.15, 0.2) is 47.6 Å². The Balaban J connectivity index is 1.55. The molecule has 9 heteroatoms. The summed E-state index contributed by atoms with van der Waals surface area (Å²) < 4.78 is 6.88. The number of carbonyl (C=O) groups is 2. The van der Waals surface area contributed by atoms with E-state index in [1.165, 1.54) is 11.8 Å². The van der Waals surface area contributed by atoms with Gasteiger partial charge in [0.15, 0.2) is 5.16 Å². The summed E-state index contributed by atoms with van der Waals surface area (Å²) in [5.74, 6) is 1.02. The molecule has 2 N–H and O–H groups in total. The number of anilines is 2. The largest absolute Gasteiger partial charge is 0.497 e. The van der Waals surface area contributed by atoms with E-state index in [1.54, 1.807) is 36.9 Å². The summed E-state index contributed by atoms with van der Waals surface area (Å²) in [6, 6.07) is 13.1. The van der Waals surface area contributed by atoms with E-state index in [9.17, 15) is 9.59 Å². The molecule has 0 aliphatic carbocycles. The fourth-order valence-electron chi connectivity index (χ4n) is 2.86. The van der Waals surface area contributed by atoms with Crippen molar-refractivity contribution in [3.63, 3.8) is 0 Å². The van der Waals surface area contributed by atoms with Crippen molar-refractivity contribution in [1.82, 2.24) is 14.8 Å². The van der Waals surface area contributed by atoms with Gasteiger partial charge in [0.2, 0.25) is 11.8 Å². The van der Waals surface area contributed by atoms with Gasteiger partial charge in [-0.05, 0) is 43.2 Å². The van der Waals surface area contributed by atoms with E-state index in [0.717, 1.165) is 16.8 Å². The zero-order valence-electron chi connectivity index (χ0n) is 17.9. The molecule has 8 nitrogen and oxygen atoms in total. The Morgan fingerprint density at radius 2 is 1.87 bits per heavy atom. The zero-order chi connectivity index (χ0) is 22.4. The summed E-state index contributed by atoms with van der Waals surface area (Å²) in [5, 5.41) is 14.5. The van der Waals surface area contributed by atoms with Gasteiger partial charge in [-0.1, -0.05) is 30.0 Å². The molecule has 1 heterocycles. The molecular weight excluding hydrogens is 414 g/mol. The highest BCUT2D eigenvalue weighted by Crippen LogP contribution is 2.20. The normalized spacial score (nSPS) is 10.6. The van der Waals surface area contributed by atoms with Gasteiger partial charge in [-0.2, -0.15) is 0 Å². The van der Waals surface area contributed by atoms with Crippen LogP contribution in [0, 0.1) is 13.8 Å². The summed E-state index contributed by atoms with van der Waals surface area (Å²) in [7, 11) is 3.35. The molecule has 0 spiro atoms. The monoisotopic (exact) mass is 439 g/mol. The number of benzene rings is 2. The van der Waals surface area contributed by atoms with Gasteiger partial charge in [0.1, 0.15) is 11.6 Å². The van der Waals surface area contributed by atoms with Crippen LogP contribution in [0.4, 0.5) is 11.4 Å². The Hall–Kier alpha value is -3.33. The van der Waals surface area contributed by atoms with Crippen LogP contribution in [0.2, 0.25) is 0 Å². The Morgan fingerprint density at radius 1 is 1.06 bits per heavy atom. The van der Waals surface area contributed by atoms with Gasteiger partial charge in [-0.15, -0.1) is 10.2 Å². The summed E-state index contributed by atoms with van der Waals surface area (Å²) in [6.45, 7) is 3.93. The number of aryl methyl sites for hydroxylation is 2. The average molecular weight is 440 g/mol. The maximum Gasteiger partial charge on any atom is 0.234 e. The van der Waals surface area contributed by atoms with Gasteiger partial charge >= 0.3 is 0 Å². The van der Waals surface area contributed by atoms with Crippen molar-refractivity contribution >= 4 is 35.0 Å². The highest BCUT2D eigenvalue weighted by Gasteiger charge is 2.15. The molecule has 0 fully saturated rings. The minimum absolute atomic E-state index is 0.0907. The second-order valence-electron chi connectivity index (χ2n) is 7.07. The third-order valence-electron chi connectivity index (χ3n) is 4.60. The van der Waals surface area contributed by atoms with Gasteiger partial charge in [0.25, 0.3) is 0 Å². The molecule has 0 atom stereocenters. The first-order valence-corrected chi connectivity index (χ1v) is 10.7. The number of ether oxygens (including phenoxy) is 1. The Kier molecular flexibility index (Phi) is 7.30. The Morgan fingerprint density at radius 3 is 2.65 bits per heavy atom. The number of thioether (sulfide) groups is 1. The summed E-state index contributed by atoms with van der Waals surface area (Å²) >= 11 is 1.26. The topological polar surface area (TPSA) is 98.1 Å². The van der Waals surface area contributed by atoms with E-state index in [1.807, 2.05) is 38.1 Å². The lowest BCUT2D eigenvalue weighted by Crippen LogP contribution is -2.18. The van der Waals surface area contributed by atoms with Crippen LogP contribution in [-0.2, 0) is 23.1 Å². The van der Waals surface area contributed by atoms with Crippen molar-refractivity contribution in [2.75, 3.05) is 23.5 Å². The minimum Gasteiger partial charge on any atom is -0.497 e. The second-order valence-corrected chi connectivity index (χ2v) is 8.01. The molecule has 1 aromatic heterocycles. The number of aromatic nitrogens is 3. The van der Waals surface area contributed by atoms with Crippen LogP contribution >= 0.6 is 11.8 Å². The first-order chi connectivity index (χ1) is 14.9. The minimum atomic E-state index is -0.171. The van der Waals surface area contributed by atoms with E-state index in [0.29, 0.717) is 22.4 Å². The van der Waals surface area contributed by atoms with Gasteiger partial charge in [-0.3, -0.25) is 9.59 Å². The molecule has 0 saturated carbocycles. The average Bonchev–Trinajstić information content (AvgIpc) is 3.08. The molecule has 31 heavy (non-hydrogen) atoms. The SMILES string of the molecule is COc1cccc(NC(=O)CSc2nnc(CC(=O)Nc3cc(C)ccc3C)n2C)c1. The predicted octanol–water partition coefficient (Wildman–Crippen LogP) is 3.35. The van der Waals surface area contributed by atoms with Gasteiger partial charge < -0.3 is 19.9 Å². The van der Waals surface area contributed by atoms with Crippen LogP contribution in [0.3, 0.4) is 0 Å². The van der Waals surface area contributed by atoms with E-state index in [4.69, 9.17) is 4.74 Å².